The lowest BCUT2D eigenvalue weighted by Gasteiger charge is -2.10. The number of anilines is 1. The van der Waals surface area contributed by atoms with E-state index in [0.29, 0.717) is 5.75 Å². The van der Waals surface area contributed by atoms with Crippen molar-refractivity contribution in [1.82, 2.24) is 0 Å². The molecule has 0 bridgehead atoms. The maximum absolute atomic E-state index is 11.2. The van der Waals surface area contributed by atoms with Gasteiger partial charge in [-0.25, -0.2) is 0 Å². The molecule has 17 heavy (non-hydrogen) atoms. The summed E-state index contributed by atoms with van der Waals surface area (Å²) in [6.07, 6.45) is 0.165. The molecule has 0 aliphatic carbocycles. The zero-order valence-electron chi connectivity index (χ0n) is 9.82. The molecule has 0 aromatic heterocycles. The van der Waals surface area contributed by atoms with Gasteiger partial charge in [0.15, 0.2) is 0 Å². The molecular weight excluding hydrogens is 220 g/mol. The highest BCUT2D eigenvalue weighted by atomic mass is 16.5. The molecule has 0 amide bonds. The molecule has 0 atom stereocenters. The number of nitriles is 1. The SMILES string of the molecule is COC(=O)Cc1ccc(NCC#N)cc1OC. The zero-order chi connectivity index (χ0) is 12.7. The number of hydrogen-bond acceptors (Lipinski definition) is 5. The molecule has 1 aromatic rings. The Bertz CT molecular complexity index is 438. The lowest BCUT2D eigenvalue weighted by atomic mass is 10.1. The number of benzene rings is 1. The maximum atomic E-state index is 11.2. The molecule has 5 heteroatoms. The Morgan fingerprint density at radius 1 is 1.47 bits per heavy atom. The van der Waals surface area contributed by atoms with Crippen LogP contribution in [0.25, 0.3) is 0 Å². The lowest BCUT2D eigenvalue weighted by Crippen LogP contribution is -2.06. The van der Waals surface area contributed by atoms with Crippen molar-refractivity contribution in [2.24, 2.45) is 0 Å². The summed E-state index contributed by atoms with van der Waals surface area (Å²) in [6.45, 7) is 0.222. The third-order valence-electron chi connectivity index (χ3n) is 2.22. The van der Waals surface area contributed by atoms with Crippen LogP contribution < -0.4 is 10.1 Å². The van der Waals surface area contributed by atoms with Crippen LogP contribution in [0.15, 0.2) is 18.2 Å². The van der Waals surface area contributed by atoms with Crippen molar-refractivity contribution >= 4 is 11.7 Å². The van der Waals surface area contributed by atoms with E-state index >= 15 is 0 Å². The van der Waals surface area contributed by atoms with E-state index in [1.165, 1.54) is 14.2 Å². The second-order valence-electron chi connectivity index (χ2n) is 3.29. The molecule has 0 radical (unpaired) electrons. The summed E-state index contributed by atoms with van der Waals surface area (Å²) < 4.78 is 9.78. The summed E-state index contributed by atoms with van der Waals surface area (Å²) >= 11 is 0. The van der Waals surface area contributed by atoms with Crippen LogP contribution in [0.4, 0.5) is 5.69 Å². The standard InChI is InChI=1S/C12H14N2O3/c1-16-11-8-10(14-6-5-13)4-3-9(11)7-12(15)17-2/h3-4,8,14H,6-7H2,1-2H3. The lowest BCUT2D eigenvalue weighted by molar-refractivity contribution is -0.139. The summed E-state index contributed by atoms with van der Waals surface area (Å²) in [5, 5.41) is 11.4. The van der Waals surface area contributed by atoms with Crippen molar-refractivity contribution in [2.75, 3.05) is 26.1 Å². The highest BCUT2D eigenvalue weighted by molar-refractivity contribution is 5.74. The van der Waals surface area contributed by atoms with E-state index in [0.717, 1.165) is 11.3 Å². The first-order valence-electron chi connectivity index (χ1n) is 5.05. The van der Waals surface area contributed by atoms with Gasteiger partial charge >= 0.3 is 5.97 Å². The third kappa shape index (κ3) is 3.68. The minimum atomic E-state index is -0.318. The third-order valence-corrected chi connectivity index (χ3v) is 2.22. The fourth-order valence-corrected chi connectivity index (χ4v) is 1.37. The summed E-state index contributed by atoms with van der Waals surface area (Å²) in [4.78, 5) is 11.2. The Hall–Kier alpha value is -2.22. The number of rotatable bonds is 5. The molecule has 1 aromatic carbocycles. The summed E-state index contributed by atoms with van der Waals surface area (Å²) in [5.74, 6) is 0.277. The van der Waals surface area contributed by atoms with Crippen LogP contribution in [0.2, 0.25) is 0 Å². The molecule has 5 nitrogen and oxygen atoms in total. The van der Waals surface area contributed by atoms with Gasteiger partial charge in [-0.15, -0.1) is 0 Å². The Balaban J connectivity index is 2.86. The molecule has 0 aliphatic rings. The number of methoxy groups -OCH3 is 2. The van der Waals surface area contributed by atoms with E-state index in [4.69, 9.17) is 10.00 Å². The number of esters is 1. The molecule has 1 N–H and O–H groups in total. The van der Waals surface area contributed by atoms with Gasteiger partial charge in [-0.2, -0.15) is 5.26 Å². The molecule has 0 saturated carbocycles. The molecule has 0 heterocycles. The van der Waals surface area contributed by atoms with Crippen molar-refractivity contribution < 1.29 is 14.3 Å². The first-order chi connectivity index (χ1) is 8.21. The fourth-order valence-electron chi connectivity index (χ4n) is 1.37. The molecule has 0 aliphatic heterocycles. The average Bonchev–Trinajstić information content (AvgIpc) is 2.37. The van der Waals surface area contributed by atoms with Crippen LogP contribution in [0.1, 0.15) is 5.56 Å². The van der Waals surface area contributed by atoms with E-state index in [9.17, 15) is 4.79 Å². The normalized spacial score (nSPS) is 9.24. The van der Waals surface area contributed by atoms with Crippen molar-refractivity contribution in [1.29, 1.82) is 5.26 Å². The minimum Gasteiger partial charge on any atom is -0.496 e. The van der Waals surface area contributed by atoms with Gasteiger partial charge in [-0.05, 0) is 6.07 Å². The number of carbonyl (C=O) groups is 1. The van der Waals surface area contributed by atoms with E-state index in [1.54, 1.807) is 18.2 Å². The first-order valence-corrected chi connectivity index (χ1v) is 5.05. The quantitative estimate of drug-likeness (QED) is 0.615. The predicted molar refractivity (Wildman–Crippen MR) is 62.8 cm³/mol. The first kappa shape index (κ1) is 12.8. The summed E-state index contributed by atoms with van der Waals surface area (Å²) in [5.41, 5.74) is 1.53. The maximum Gasteiger partial charge on any atom is 0.310 e. The van der Waals surface area contributed by atoms with Crippen LogP contribution in [0, 0.1) is 11.3 Å². The fraction of sp³-hybridized carbons (Fsp3) is 0.333. The molecular formula is C12H14N2O3. The molecule has 0 saturated heterocycles. The van der Waals surface area contributed by atoms with Crippen molar-refractivity contribution in [3.63, 3.8) is 0 Å². The number of nitrogens with one attached hydrogen (secondary N) is 1. The van der Waals surface area contributed by atoms with Gasteiger partial charge in [-0.1, -0.05) is 6.07 Å². The van der Waals surface area contributed by atoms with Crippen molar-refractivity contribution in [2.45, 2.75) is 6.42 Å². The van der Waals surface area contributed by atoms with Crippen LogP contribution in [0.5, 0.6) is 5.75 Å². The molecule has 0 unspecified atom stereocenters. The predicted octanol–water partition coefficient (Wildman–Crippen LogP) is 1.35. The monoisotopic (exact) mass is 234 g/mol. The summed E-state index contributed by atoms with van der Waals surface area (Å²) in [6, 6.07) is 7.29. The highest BCUT2D eigenvalue weighted by Crippen LogP contribution is 2.23. The van der Waals surface area contributed by atoms with E-state index in [1.807, 2.05) is 6.07 Å². The number of carbonyl (C=O) groups excluding carboxylic acids is 1. The van der Waals surface area contributed by atoms with Crippen LogP contribution in [-0.2, 0) is 16.0 Å². The van der Waals surface area contributed by atoms with Gasteiger partial charge in [0.25, 0.3) is 0 Å². The Morgan fingerprint density at radius 3 is 2.82 bits per heavy atom. The van der Waals surface area contributed by atoms with Gasteiger partial charge < -0.3 is 14.8 Å². The minimum absolute atomic E-state index is 0.165. The number of ether oxygens (including phenoxy) is 2. The second kappa shape index (κ2) is 6.38. The molecule has 0 fully saturated rings. The Kier molecular flexibility index (Phi) is 4.82. The van der Waals surface area contributed by atoms with Gasteiger partial charge in [0.2, 0.25) is 0 Å². The Morgan fingerprint density at radius 2 is 2.24 bits per heavy atom. The van der Waals surface area contributed by atoms with Crippen molar-refractivity contribution in [3.8, 4) is 11.8 Å². The topological polar surface area (TPSA) is 71.3 Å². The zero-order valence-corrected chi connectivity index (χ0v) is 9.82. The van der Waals surface area contributed by atoms with Gasteiger partial charge in [0, 0.05) is 17.3 Å². The largest absolute Gasteiger partial charge is 0.496 e. The van der Waals surface area contributed by atoms with Gasteiger partial charge in [-0.3, -0.25) is 4.79 Å². The smallest absolute Gasteiger partial charge is 0.310 e. The molecule has 1 rings (SSSR count). The van der Waals surface area contributed by atoms with Crippen LogP contribution in [-0.4, -0.2) is 26.7 Å². The van der Waals surface area contributed by atoms with Crippen molar-refractivity contribution in [3.05, 3.63) is 23.8 Å². The second-order valence-corrected chi connectivity index (χ2v) is 3.29. The number of nitrogens with zero attached hydrogens (tertiary/aromatic N) is 1. The molecule has 0 spiro atoms. The van der Waals surface area contributed by atoms with E-state index in [-0.39, 0.29) is 18.9 Å². The van der Waals surface area contributed by atoms with Crippen LogP contribution in [0.3, 0.4) is 0 Å². The summed E-state index contributed by atoms with van der Waals surface area (Å²) in [7, 11) is 2.88. The van der Waals surface area contributed by atoms with Crippen LogP contribution >= 0.6 is 0 Å². The average molecular weight is 234 g/mol. The number of hydrogen-bond donors (Lipinski definition) is 1. The van der Waals surface area contributed by atoms with Gasteiger partial charge in [0.05, 0.1) is 26.7 Å². The van der Waals surface area contributed by atoms with E-state index in [2.05, 4.69) is 10.1 Å². The molecule has 90 valence electrons. The van der Waals surface area contributed by atoms with E-state index < -0.39 is 0 Å². The van der Waals surface area contributed by atoms with Gasteiger partial charge in [0.1, 0.15) is 12.3 Å². The Labute approximate surface area is 100.0 Å². The highest BCUT2D eigenvalue weighted by Gasteiger charge is 2.09.